The lowest BCUT2D eigenvalue weighted by atomic mass is 9.78. The fourth-order valence-electron chi connectivity index (χ4n) is 2.91. The first-order valence-corrected chi connectivity index (χ1v) is 8.74. The molecule has 0 aromatic heterocycles. The van der Waals surface area contributed by atoms with E-state index < -0.39 is 17.3 Å². The molecule has 1 rings (SSSR count). The number of ether oxygens (including phenoxy) is 2. The van der Waals surface area contributed by atoms with Gasteiger partial charge in [-0.15, -0.1) is 0 Å². The largest absolute Gasteiger partial charge is 0.460 e. The minimum absolute atomic E-state index is 0.0960. The molecule has 6 nitrogen and oxygen atoms in total. The molecular formula is C18H33NO5. The van der Waals surface area contributed by atoms with Gasteiger partial charge in [0.2, 0.25) is 0 Å². The van der Waals surface area contributed by atoms with Gasteiger partial charge in [0.15, 0.2) is 0 Å². The third kappa shape index (κ3) is 7.51. The van der Waals surface area contributed by atoms with Crippen LogP contribution in [-0.2, 0) is 14.3 Å². The predicted molar refractivity (Wildman–Crippen MR) is 91.5 cm³/mol. The second-order valence-electron chi connectivity index (χ2n) is 8.58. The lowest BCUT2D eigenvalue weighted by molar-refractivity contribution is -0.161. The maximum absolute atomic E-state index is 12.1. The van der Waals surface area contributed by atoms with E-state index in [4.69, 9.17) is 9.47 Å². The zero-order chi connectivity index (χ0) is 18.5. The molecule has 0 aliphatic heterocycles. The molecule has 1 saturated carbocycles. The number of hydrogen-bond donors (Lipinski definition) is 2. The van der Waals surface area contributed by atoms with Crippen LogP contribution in [0.15, 0.2) is 0 Å². The minimum atomic E-state index is -0.571. The van der Waals surface area contributed by atoms with E-state index in [1.54, 1.807) is 20.8 Å². The fourth-order valence-corrected chi connectivity index (χ4v) is 2.91. The van der Waals surface area contributed by atoms with Crippen LogP contribution in [0.2, 0.25) is 0 Å². The maximum Gasteiger partial charge on any atom is 0.407 e. The van der Waals surface area contributed by atoms with E-state index in [-0.39, 0.29) is 30.5 Å². The molecule has 0 saturated heterocycles. The molecule has 6 heteroatoms. The first-order chi connectivity index (χ1) is 10.9. The highest BCUT2D eigenvalue weighted by Crippen LogP contribution is 2.32. The molecule has 0 bridgehead atoms. The summed E-state index contributed by atoms with van der Waals surface area (Å²) in [5.41, 5.74) is -1.04. The number of hydrogen-bond acceptors (Lipinski definition) is 5. The second kappa shape index (κ2) is 8.19. The first kappa shape index (κ1) is 20.7. The van der Waals surface area contributed by atoms with Crippen LogP contribution in [0.1, 0.15) is 67.2 Å². The zero-order valence-electron chi connectivity index (χ0n) is 15.8. The molecule has 0 aromatic rings. The van der Waals surface area contributed by atoms with Crippen molar-refractivity contribution < 1.29 is 24.2 Å². The van der Waals surface area contributed by atoms with Crippen LogP contribution in [0.4, 0.5) is 4.79 Å². The fraction of sp³-hybridized carbons (Fsp3) is 0.889. The van der Waals surface area contributed by atoms with Crippen LogP contribution in [-0.4, -0.2) is 41.0 Å². The lowest BCUT2D eigenvalue weighted by Gasteiger charge is -2.34. The highest BCUT2D eigenvalue weighted by Gasteiger charge is 2.33. The molecule has 1 atom stereocenters. The van der Waals surface area contributed by atoms with Gasteiger partial charge in [-0.05, 0) is 73.1 Å². The van der Waals surface area contributed by atoms with E-state index >= 15 is 0 Å². The Morgan fingerprint density at radius 1 is 1.00 bits per heavy atom. The summed E-state index contributed by atoms with van der Waals surface area (Å²) in [6.07, 6.45) is 2.45. The van der Waals surface area contributed by atoms with Crippen LogP contribution in [0.5, 0.6) is 0 Å². The van der Waals surface area contributed by atoms with E-state index in [2.05, 4.69) is 5.32 Å². The van der Waals surface area contributed by atoms with Gasteiger partial charge < -0.3 is 19.9 Å². The smallest absolute Gasteiger partial charge is 0.407 e. The normalized spacial score (nSPS) is 23.3. The molecule has 0 unspecified atom stereocenters. The molecule has 0 radical (unpaired) electrons. The summed E-state index contributed by atoms with van der Waals surface area (Å²) in [4.78, 5) is 24.0. The Hall–Kier alpha value is -1.30. The Bertz CT molecular complexity index is 428. The van der Waals surface area contributed by atoms with Crippen molar-refractivity contribution in [3.8, 4) is 0 Å². The highest BCUT2D eigenvalue weighted by atomic mass is 16.6. The predicted octanol–water partition coefficient (Wildman–Crippen LogP) is 3.02. The Morgan fingerprint density at radius 2 is 1.50 bits per heavy atom. The number of nitrogens with one attached hydrogen (secondary N) is 1. The van der Waals surface area contributed by atoms with Gasteiger partial charge in [-0.1, -0.05) is 0 Å². The Labute approximate surface area is 145 Å². The summed E-state index contributed by atoms with van der Waals surface area (Å²) in [6.45, 7) is 10.8. The van der Waals surface area contributed by atoms with Crippen molar-refractivity contribution in [3.63, 3.8) is 0 Å². The third-order valence-corrected chi connectivity index (χ3v) is 3.98. The van der Waals surface area contributed by atoms with E-state index in [9.17, 15) is 14.7 Å². The molecule has 24 heavy (non-hydrogen) atoms. The summed E-state index contributed by atoms with van der Waals surface area (Å²) in [6, 6.07) is -0.348. The Balaban J connectivity index is 2.49. The second-order valence-corrected chi connectivity index (χ2v) is 8.58. The van der Waals surface area contributed by atoms with Crippen LogP contribution in [0, 0.1) is 11.8 Å². The molecule has 2 N–H and O–H groups in total. The molecule has 1 aliphatic rings. The Kier molecular flexibility index (Phi) is 7.08. The molecule has 1 fully saturated rings. The molecular weight excluding hydrogens is 310 g/mol. The van der Waals surface area contributed by atoms with Gasteiger partial charge in [0.05, 0.1) is 18.6 Å². The number of carbonyl (C=O) groups is 2. The number of aliphatic hydroxyl groups excluding tert-OH is 1. The SMILES string of the molecule is CC(C)(C)OC(=O)N[C@H](CO)C1CCC(C(=O)OC(C)(C)C)CC1. The number of rotatable bonds is 4. The lowest BCUT2D eigenvalue weighted by Crippen LogP contribution is -2.46. The van der Waals surface area contributed by atoms with E-state index in [1.807, 2.05) is 20.8 Å². The minimum Gasteiger partial charge on any atom is -0.460 e. The average molecular weight is 343 g/mol. The van der Waals surface area contributed by atoms with Gasteiger partial charge in [0.1, 0.15) is 11.2 Å². The van der Waals surface area contributed by atoms with E-state index in [0.717, 1.165) is 12.8 Å². The van der Waals surface area contributed by atoms with Crippen molar-refractivity contribution in [2.45, 2.75) is 84.5 Å². The van der Waals surface area contributed by atoms with Crippen molar-refractivity contribution >= 4 is 12.1 Å². The topological polar surface area (TPSA) is 84.9 Å². The molecule has 0 aromatic carbocycles. The van der Waals surface area contributed by atoms with Crippen LogP contribution >= 0.6 is 0 Å². The molecule has 0 spiro atoms. The molecule has 140 valence electrons. The summed E-state index contributed by atoms with van der Waals surface area (Å²) < 4.78 is 10.7. The van der Waals surface area contributed by atoms with Gasteiger partial charge in [0, 0.05) is 0 Å². The molecule has 1 aliphatic carbocycles. The Morgan fingerprint density at radius 3 is 1.92 bits per heavy atom. The average Bonchev–Trinajstić information content (AvgIpc) is 2.41. The summed E-state index contributed by atoms with van der Waals surface area (Å²) in [5.74, 6) is -0.107. The number of alkyl carbamates (subject to hydrolysis) is 1. The van der Waals surface area contributed by atoms with Crippen molar-refractivity contribution in [1.29, 1.82) is 0 Å². The van der Waals surface area contributed by atoms with Crippen molar-refractivity contribution in [1.82, 2.24) is 5.32 Å². The number of aliphatic hydroxyl groups is 1. The van der Waals surface area contributed by atoms with Gasteiger partial charge in [-0.3, -0.25) is 4.79 Å². The van der Waals surface area contributed by atoms with E-state index in [0.29, 0.717) is 12.8 Å². The van der Waals surface area contributed by atoms with Gasteiger partial charge in [-0.2, -0.15) is 0 Å². The standard InChI is InChI=1S/C18H33NO5/c1-17(2,3)23-15(21)13-9-7-12(8-10-13)14(11-20)19-16(22)24-18(4,5)6/h12-14,20H,7-11H2,1-6H3,(H,19,22)/t12?,13?,14-/m1/s1. The van der Waals surface area contributed by atoms with Gasteiger partial charge >= 0.3 is 12.1 Å². The third-order valence-electron chi connectivity index (χ3n) is 3.98. The van der Waals surface area contributed by atoms with Gasteiger partial charge in [0.25, 0.3) is 0 Å². The summed E-state index contributed by atoms with van der Waals surface area (Å²) in [7, 11) is 0. The maximum atomic E-state index is 12.1. The quantitative estimate of drug-likeness (QED) is 0.767. The first-order valence-electron chi connectivity index (χ1n) is 8.74. The monoisotopic (exact) mass is 343 g/mol. The summed E-state index contributed by atoms with van der Waals surface area (Å²) >= 11 is 0. The van der Waals surface area contributed by atoms with Crippen molar-refractivity contribution in [2.24, 2.45) is 11.8 Å². The molecule has 1 amide bonds. The molecule has 0 heterocycles. The zero-order valence-corrected chi connectivity index (χ0v) is 15.8. The summed E-state index contributed by atoms with van der Waals surface area (Å²) in [5, 5.41) is 12.3. The van der Waals surface area contributed by atoms with Crippen LogP contribution in [0.25, 0.3) is 0 Å². The van der Waals surface area contributed by atoms with Gasteiger partial charge in [-0.25, -0.2) is 4.79 Å². The van der Waals surface area contributed by atoms with E-state index in [1.165, 1.54) is 0 Å². The van der Waals surface area contributed by atoms with Crippen molar-refractivity contribution in [3.05, 3.63) is 0 Å². The van der Waals surface area contributed by atoms with Crippen molar-refractivity contribution in [2.75, 3.05) is 6.61 Å². The van der Waals surface area contributed by atoms with Crippen LogP contribution < -0.4 is 5.32 Å². The highest BCUT2D eigenvalue weighted by molar-refractivity contribution is 5.73. The number of carbonyl (C=O) groups excluding carboxylic acids is 2. The number of amides is 1. The number of esters is 1. The van der Waals surface area contributed by atoms with Crippen LogP contribution in [0.3, 0.4) is 0 Å².